The molecule has 8 rings (SSSR count). The van der Waals surface area contributed by atoms with Gasteiger partial charge in [0.1, 0.15) is 11.5 Å². The van der Waals surface area contributed by atoms with Gasteiger partial charge in [0.05, 0.1) is 21.8 Å². The largest absolute Gasteiger partial charge is 0.733 e. The number of halogens is 1. The van der Waals surface area contributed by atoms with Crippen molar-refractivity contribution < 1.29 is 27.9 Å². The van der Waals surface area contributed by atoms with E-state index in [2.05, 4.69) is 56.5 Å². The fourth-order valence-corrected chi connectivity index (χ4v) is 10.1. The molecule has 16 heteroatoms. The normalized spacial score (nSPS) is 17.6. The molecular weight excluding hydrogens is 854 g/mol. The maximum absolute atomic E-state index is 13.9. The molecule has 0 saturated carbocycles. The summed E-state index contributed by atoms with van der Waals surface area (Å²) in [6.45, 7) is 9.89. The molecule has 2 aliphatic heterocycles. The molecule has 2 saturated heterocycles. The van der Waals surface area contributed by atoms with Gasteiger partial charge in [-0.2, -0.15) is 0 Å². The lowest BCUT2D eigenvalue weighted by Crippen LogP contribution is -2.46. The summed E-state index contributed by atoms with van der Waals surface area (Å²) in [5.74, 6) is -0.356. The SMILES string of the molecule is CC1(C)CCC(CNCCNc2ccc(C(=O)NS(=O)(=O)c3ccc(NC4CCN(C5CCOCC5)CC4)c(N([O-])O)c3)c(Oc3ccc4[nH]ccc4c3)c2)=C(c2ccc(Cl)cc2)C1. The number of ether oxygens (including phenoxy) is 2. The van der Waals surface area contributed by atoms with Crippen molar-refractivity contribution in [2.24, 2.45) is 5.41 Å². The average molecular weight is 912 g/mol. The second-order valence-electron chi connectivity index (χ2n) is 17.8. The number of fused-ring (bicyclic) bond motifs is 1. The number of hydrogen-bond acceptors (Lipinski definition) is 12. The van der Waals surface area contributed by atoms with Crippen LogP contribution in [0, 0.1) is 10.6 Å². The van der Waals surface area contributed by atoms with Crippen molar-refractivity contribution in [3.8, 4) is 11.5 Å². The van der Waals surface area contributed by atoms with E-state index in [-0.39, 0.29) is 38.6 Å². The average Bonchev–Trinajstić information content (AvgIpc) is 3.75. The van der Waals surface area contributed by atoms with Crippen molar-refractivity contribution in [3.05, 3.63) is 118 Å². The monoisotopic (exact) mass is 910 g/mol. The number of H-pyrrole nitrogens is 1. The van der Waals surface area contributed by atoms with Crippen molar-refractivity contribution in [1.29, 1.82) is 0 Å². The Balaban J connectivity index is 0.941. The van der Waals surface area contributed by atoms with Gasteiger partial charge in [-0.3, -0.25) is 10.0 Å². The van der Waals surface area contributed by atoms with Gasteiger partial charge < -0.3 is 45.7 Å². The highest BCUT2D eigenvalue weighted by molar-refractivity contribution is 7.90. The Kier molecular flexibility index (Phi) is 14.2. The molecule has 14 nitrogen and oxygen atoms in total. The zero-order valence-electron chi connectivity index (χ0n) is 36.3. The van der Waals surface area contributed by atoms with E-state index in [1.165, 1.54) is 34.9 Å². The molecule has 1 aliphatic carbocycles. The molecule has 0 atom stereocenters. The zero-order chi connectivity index (χ0) is 44.8. The maximum Gasteiger partial charge on any atom is 0.268 e. The van der Waals surface area contributed by atoms with Crippen LogP contribution in [0.2, 0.25) is 5.02 Å². The molecule has 64 heavy (non-hydrogen) atoms. The van der Waals surface area contributed by atoms with Crippen LogP contribution >= 0.6 is 11.6 Å². The number of hydrogen-bond donors (Lipinski definition) is 6. The lowest BCUT2D eigenvalue weighted by Gasteiger charge is -2.40. The summed E-state index contributed by atoms with van der Waals surface area (Å²) in [7, 11) is -4.53. The number of allylic oxidation sites excluding steroid dienone is 1. The van der Waals surface area contributed by atoms with Crippen molar-refractivity contribution in [3.63, 3.8) is 0 Å². The van der Waals surface area contributed by atoms with Crippen LogP contribution in [0.25, 0.3) is 16.5 Å². The summed E-state index contributed by atoms with van der Waals surface area (Å²) in [4.78, 5) is 19.1. The molecule has 0 spiro atoms. The number of benzene rings is 4. The first-order chi connectivity index (χ1) is 30.8. The van der Waals surface area contributed by atoms with Gasteiger partial charge in [0.25, 0.3) is 15.9 Å². The number of likely N-dealkylation sites (tertiary alicyclic amines) is 1. The number of nitrogens with one attached hydrogen (secondary N) is 5. The minimum atomic E-state index is -4.53. The fraction of sp³-hybridized carbons (Fsp3) is 0.396. The number of rotatable bonds is 16. The van der Waals surface area contributed by atoms with Gasteiger partial charge in [0.15, 0.2) is 0 Å². The molecule has 340 valence electrons. The molecule has 3 heterocycles. The number of nitrogens with zero attached hydrogens (tertiary/aromatic N) is 2. The number of aromatic nitrogens is 1. The Bertz CT molecular complexity index is 2570. The molecule has 1 aromatic heterocycles. The first-order valence-corrected chi connectivity index (χ1v) is 23.9. The van der Waals surface area contributed by atoms with Crippen LogP contribution in [0.4, 0.5) is 17.1 Å². The number of amides is 1. The van der Waals surface area contributed by atoms with Crippen molar-refractivity contribution in [1.82, 2.24) is 19.9 Å². The van der Waals surface area contributed by atoms with Gasteiger partial charge in [0.2, 0.25) is 0 Å². The number of carbonyl (C=O) groups is 1. The zero-order valence-corrected chi connectivity index (χ0v) is 37.9. The first kappa shape index (κ1) is 45.4. The van der Waals surface area contributed by atoms with Gasteiger partial charge in [-0.25, -0.2) is 13.1 Å². The third-order valence-corrected chi connectivity index (χ3v) is 14.2. The van der Waals surface area contributed by atoms with E-state index in [9.17, 15) is 23.6 Å². The van der Waals surface area contributed by atoms with Crippen molar-refractivity contribution in [2.45, 2.75) is 75.8 Å². The Morgan fingerprint density at radius 1 is 0.984 bits per heavy atom. The lowest BCUT2D eigenvalue weighted by molar-refractivity contribution is 0.0262. The predicted molar refractivity (Wildman–Crippen MR) is 253 cm³/mol. The maximum atomic E-state index is 13.9. The molecule has 6 N–H and O–H groups in total. The number of carbonyl (C=O) groups excluding carboxylic acids is 1. The van der Waals surface area contributed by atoms with Crippen molar-refractivity contribution in [2.75, 3.05) is 61.8 Å². The summed E-state index contributed by atoms with van der Waals surface area (Å²) in [6, 6.07) is 24.6. The second kappa shape index (κ2) is 19.9. The van der Waals surface area contributed by atoms with Crippen LogP contribution in [-0.2, 0) is 14.8 Å². The number of piperidine rings is 1. The summed E-state index contributed by atoms with van der Waals surface area (Å²) < 4.78 is 41.5. The van der Waals surface area contributed by atoms with Crippen LogP contribution < -0.4 is 30.6 Å². The molecule has 0 bridgehead atoms. The van der Waals surface area contributed by atoms with Crippen LogP contribution in [0.5, 0.6) is 11.5 Å². The van der Waals surface area contributed by atoms with E-state index in [1.807, 2.05) is 36.5 Å². The molecule has 3 aliphatic rings. The number of sulfonamides is 1. The van der Waals surface area contributed by atoms with E-state index in [0.717, 1.165) is 99.8 Å². The second-order valence-corrected chi connectivity index (χ2v) is 19.9. The Labute approximate surface area is 379 Å². The lowest BCUT2D eigenvalue weighted by atomic mass is 9.72. The van der Waals surface area contributed by atoms with Gasteiger partial charge in [-0.05, 0) is 128 Å². The summed E-state index contributed by atoms with van der Waals surface area (Å²) in [5.41, 5.74) is 5.74. The Morgan fingerprint density at radius 3 is 2.53 bits per heavy atom. The van der Waals surface area contributed by atoms with Crippen LogP contribution in [0.1, 0.15) is 74.7 Å². The smallest absolute Gasteiger partial charge is 0.268 e. The third-order valence-electron chi connectivity index (χ3n) is 12.6. The van der Waals surface area contributed by atoms with Gasteiger partial charge in [0, 0.05) is 91.9 Å². The molecule has 5 aromatic rings. The standard InChI is InChI=1S/C48H57ClN7O7S/c1-48(2)19-13-34(42(30-48)32-3-5-35(49)6-4-32)31-50-21-22-51-37-7-10-41(46(28-37)63-39-8-11-43-33(27-39)14-20-52-43)47(57)54-64(60,61)40-9-12-44(45(29-40)56(58)59)53-36-15-23-55(24-16-36)38-17-25-62-26-18-38/h3-12,14,20,27-29,36,38,50-53,58H,13,15-19,21-26,30-31H2,1-2H3,(H,54,57)/q-1. The highest BCUT2D eigenvalue weighted by atomic mass is 35.5. The quantitative estimate of drug-likeness (QED) is 0.0409. The van der Waals surface area contributed by atoms with E-state index in [1.54, 1.807) is 18.2 Å². The summed E-state index contributed by atoms with van der Waals surface area (Å²) >= 11 is 6.20. The Hall–Kier alpha value is -5.13. The van der Waals surface area contributed by atoms with Crippen LogP contribution in [-0.4, -0.2) is 87.4 Å². The third kappa shape index (κ3) is 11.2. The molecule has 0 unspecified atom stereocenters. The van der Waals surface area contributed by atoms with Gasteiger partial charge in [-0.1, -0.05) is 43.2 Å². The van der Waals surface area contributed by atoms with E-state index < -0.39 is 15.9 Å². The fourth-order valence-electron chi connectivity index (χ4n) is 9.02. The van der Waals surface area contributed by atoms with Crippen LogP contribution in [0.3, 0.4) is 0 Å². The highest BCUT2D eigenvalue weighted by Gasteiger charge is 2.29. The van der Waals surface area contributed by atoms with Gasteiger partial charge >= 0.3 is 0 Å². The minimum absolute atomic E-state index is 0.0167. The minimum Gasteiger partial charge on any atom is -0.733 e. The predicted octanol–water partition coefficient (Wildman–Crippen LogP) is 9.15. The first-order valence-electron chi connectivity index (χ1n) is 22.1. The van der Waals surface area contributed by atoms with Crippen molar-refractivity contribution >= 4 is 61.1 Å². The number of anilines is 3. The van der Waals surface area contributed by atoms with Crippen LogP contribution in [0.15, 0.2) is 102 Å². The van der Waals surface area contributed by atoms with Gasteiger partial charge in [-0.15, -0.1) is 0 Å². The molecule has 1 amide bonds. The molecule has 4 aromatic carbocycles. The molecule has 2 fully saturated rings. The topological polar surface area (TPSA) is 183 Å². The summed E-state index contributed by atoms with van der Waals surface area (Å²) in [6.07, 6.45) is 8.59. The van der Waals surface area contributed by atoms with E-state index in [0.29, 0.717) is 36.3 Å². The van der Waals surface area contributed by atoms with E-state index in [4.69, 9.17) is 21.1 Å². The molecule has 0 radical (unpaired) electrons. The number of aromatic amines is 1. The Morgan fingerprint density at radius 2 is 1.77 bits per heavy atom. The summed E-state index contributed by atoms with van der Waals surface area (Å²) in [5, 5.41) is 34.0. The van der Waals surface area contributed by atoms with E-state index >= 15 is 0 Å². The molecular formula is C48H57ClN7O7S-. The highest BCUT2D eigenvalue weighted by Crippen LogP contribution is 2.43.